The monoisotopic (exact) mass is 229 g/mol. The van der Waals surface area contributed by atoms with Crippen molar-refractivity contribution in [2.24, 2.45) is 10.7 Å². The lowest BCUT2D eigenvalue weighted by Crippen LogP contribution is -2.11. The molecule has 0 aromatic heterocycles. The van der Waals surface area contributed by atoms with Crippen LogP contribution in [0.1, 0.15) is 12.5 Å². The van der Waals surface area contributed by atoms with E-state index in [2.05, 4.69) is 22.2 Å². The zero-order valence-corrected chi connectivity index (χ0v) is 9.86. The second-order valence-corrected chi connectivity index (χ2v) is 3.20. The number of phenolic OH excluding ortho intramolecular Hbond substituents is 1. The van der Waals surface area contributed by atoms with Gasteiger partial charge in [0, 0.05) is 18.8 Å². The first-order valence-electron chi connectivity index (χ1n) is 5.14. The normalized spacial score (nSPS) is 11.6. The Morgan fingerprint density at radius 2 is 2.29 bits per heavy atom. The van der Waals surface area contributed by atoms with Gasteiger partial charge in [-0.2, -0.15) is 0 Å². The number of nitrogens with one attached hydrogen (secondary N) is 1. The van der Waals surface area contributed by atoms with E-state index in [0.717, 1.165) is 0 Å². The van der Waals surface area contributed by atoms with Crippen LogP contribution in [-0.2, 0) is 0 Å². The van der Waals surface area contributed by atoms with Gasteiger partial charge in [0.25, 0.3) is 0 Å². The highest BCUT2D eigenvalue weighted by Crippen LogP contribution is 2.09. The van der Waals surface area contributed by atoms with E-state index in [0.29, 0.717) is 17.1 Å². The number of hydrogen-bond acceptors (Lipinski definition) is 4. The molecule has 0 aliphatic heterocycles. The Morgan fingerprint density at radius 3 is 2.88 bits per heavy atom. The molecule has 4 N–H and O–H groups in total. The van der Waals surface area contributed by atoms with Gasteiger partial charge in [-0.25, -0.2) is 4.99 Å². The maximum Gasteiger partial charge on any atom is 0.155 e. The highest BCUT2D eigenvalue weighted by atomic mass is 16.3. The Bertz CT molecular complexity index is 507. The lowest BCUT2D eigenvalue weighted by atomic mass is 10.2. The minimum atomic E-state index is 0.186. The van der Waals surface area contributed by atoms with Crippen molar-refractivity contribution in [3.05, 3.63) is 41.3 Å². The fourth-order valence-corrected chi connectivity index (χ4v) is 1.18. The van der Waals surface area contributed by atoms with E-state index in [1.54, 1.807) is 44.5 Å². The number of benzene rings is 1. The maximum absolute atomic E-state index is 9.29. The largest absolute Gasteiger partial charge is 0.508 e. The lowest BCUT2D eigenvalue weighted by Gasteiger charge is -2.00. The molecular weight excluding hydrogens is 214 g/mol. The Labute approximate surface area is 101 Å². The average molecular weight is 229 g/mol. The average Bonchev–Trinajstić information content (AvgIpc) is 2.30. The van der Waals surface area contributed by atoms with E-state index in [-0.39, 0.29) is 5.75 Å². The summed E-state index contributed by atoms with van der Waals surface area (Å²) in [5.74, 6) is 6.28. The number of hydrogen-bond donors (Lipinski definition) is 3. The second kappa shape index (κ2) is 6.23. The molecule has 0 amide bonds. The quantitative estimate of drug-likeness (QED) is 0.527. The first kappa shape index (κ1) is 12.7. The molecular formula is C13H15N3O. The molecule has 4 heteroatoms. The van der Waals surface area contributed by atoms with Crippen molar-refractivity contribution in [2.75, 3.05) is 7.05 Å². The van der Waals surface area contributed by atoms with Crippen molar-refractivity contribution in [1.29, 1.82) is 0 Å². The van der Waals surface area contributed by atoms with Crippen molar-refractivity contribution in [2.45, 2.75) is 6.92 Å². The number of nitrogens with zero attached hydrogens (tertiary/aromatic N) is 1. The first-order chi connectivity index (χ1) is 8.17. The third-order valence-corrected chi connectivity index (χ3v) is 1.95. The number of aliphatic imine (C=N–C) groups is 1. The van der Waals surface area contributed by atoms with Gasteiger partial charge in [0.05, 0.1) is 0 Å². The van der Waals surface area contributed by atoms with Gasteiger partial charge in [0.2, 0.25) is 0 Å². The summed E-state index contributed by atoms with van der Waals surface area (Å²) in [5, 5.41) is 12.2. The van der Waals surface area contributed by atoms with E-state index in [4.69, 9.17) is 5.73 Å². The minimum absolute atomic E-state index is 0.186. The van der Waals surface area contributed by atoms with Crippen LogP contribution >= 0.6 is 0 Å². The highest BCUT2D eigenvalue weighted by molar-refractivity contribution is 5.56. The summed E-state index contributed by atoms with van der Waals surface area (Å²) in [4.78, 5) is 3.94. The Morgan fingerprint density at radius 1 is 1.53 bits per heavy atom. The molecule has 0 unspecified atom stereocenters. The summed E-state index contributed by atoms with van der Waals surface area (Å²) in [6, 6.07) is 6.71. The van der Waals surface area contributed by atoms with Gasteiger partial charge >= 0.3 is 0 Å². The molecule has 0 atom stereocenters. The fraction of sp³-hybridized carbons (Fsp3) is 0.154. The molecule has 4 nitrogen and oxygen atoms in total. The number of aromatic hydroxyl groups is 1. The minimum Gasteiger partial charge on any atom is -0.508 e. The molecule has 88 valence electrons. The van der Waals surface area contributed by atoms with Crippen LogP contribution in [-0.4, -0.2) is 18.4 Å². The van der Waals surface area contributed by atoms with Crippen LogP contribution in [0.3, 0.4) is 0 Å². The summed E-state index contributed by atoms with van der Waals surface area (Å²) >= 11 is 0. The molecule has 0 aliphatic rings. The SMILES string of the molecule is C/C=N\C(N)=C(\C#Cc1cccc(O)c1)NC. The molecule has 0 radical (unpaired) electrons. The van der Waals surface area contributed by atoms with Gasteiger partial charge < -0.3 is 16.2 Å². The molecule has 1 aromatic rings. The molecule has 0 aliphatic carbocycles. The summed E-state index contributed by atoms with van der Waals surface area (Å²) in [5.41, 5.74) is 6.96. The van der Waals surface area contributed by atoms with E-state index in [1.165, 1.54) is 0 Å². The molecule has 0 saturated carbocycles. The molecule has 17 heavy (non-hydrogen) atoms. The number of nitrogens with two attached hydrogens (primary N) is 1. The predicted molar refractivity (Wildman–Crippen MR) is 69.4 cm³/mol. The third kappa shape index (κ3) is 3.92. The van der Waals surface area contributed by atoms with Crippen LogP contribution in [0, 0.1) is 11.8 Å². The molecule has 0 heterocycles. The van der Waals surface area contributed by atoms with E-state index in [1.807, 2.05) is 0 Å². The molecule has 1 aromatic carbocycles. The van der Waals surface area contributed by atoms with Crippen molar-refractivity contribution >= 4 is 6.21 Å². The predicted octanol–water partition coefficient (Wildman–Crippen LogP) is 1.18. The molecule has 0 fully saturated rings. The van der Waals surface area contributed by atoms with Gasteiger partial charge in [0.1, 0.15) is 11.4 Å². The Hall–Kier alpha value is -2.41. The number of phenols is 1. The summed E-state index contributed by atoms with van der Waals surface area (Å²) in [7, 11) is 1.73. The topological polar surface area (TPSA) is 70.6 Å². The third-order valence-electron chi connectivity index (χ3n) is 1.95. The summed E-state index contributed by atoms with van der Waals surface area (Å²) < 4.78 is 0. The maximum atomic E-state index is 9.29. The smallest absolute Gasteiger partial charge is 0.155 e. The van der Waals surface area contributed by atoms with Gasteiger partial charge in [-0.15, -0.1) is 0 Å². The molecule has 0 saturated heterocycles. The fourth-order valence-electron chi connectivity index (χ4n) is 1.18. The van der Waals surface area contributed by atoms with Crippen molar-refractivity contribution < 1.29 is 5.11 Å². The van der Waals surface area contributed by atoms with Crippen LogP contribution in [0.4, 0.5) is 0 Å². The molecule has 0 bridgehead atoms. The number of rotatable bonds is 2. The van der Waals surface area contributed by atoms with E-state index in [9.17, 15) is 5.11 Å². The number of allylic oxidation sites excluding steroid dienone is 1. The van der Waals surface area contributed by atoms with E-state index < -0.39 is 0 Å². The Balaban J connectivity index is 3.01. The van der Waals surface area contributed by atoms with Crippen LogP contribution in [0.25, 0.3) is 0 Å². The first-order valence-corrected chi connectivity index (χ1v) is 5.14. The standard InChI is InChI=1S/C13H15N3O/c1-3-16-13(14)12(15-2)8-7-10-5-4-6-11(17)9-10/h3-6,9,15,17H,14H2,1-2H3/b13-12-,16-3-. The van der Waals surface area contributed by atoms with Gasteiger partial charge in [0.15, 0.2) is 5.82 Å². The zero-order valence-electron chi connectivity index (χ0n) is 9.86. The summed E-state index contributed by atoms with van der Waals surface area (Å²) in [6.45, 7) is 1.78. The van der Waals surface area contributed by atoms with Crippen LogP contribution < -0.4 is 11.1 Å². The lowest BCUT2D eigenvalue weighted by molar-refractivity contribution is 0.475. The van der Waals surface area contributed by atoms with E-state index >= 15 is 0 Å². The highest BCUT2D eigenvalue weighted by Gasteiger charge is 1.95. The van der Waals surface area contributed by atoms with Gasteiger partial charge in [-0.1, -0.05) is 12.0 Å². The van der Waals surface area contributed by atoms with Crippen molar-refractivity contribution in [3.8, 4) is 17.6 Å². The second-order valence-electron chi connectivity index (χ2n) is 3.20. The Kier molecular flexibility index (Phi) is 4.64. The van der Waals surface area contributed by atoms with Crippen LogP contribution in [0.15, 0.2) is 40.8 Å². The van der Waals surface area contributed by atoms with Gasteiger partial charge in [-0.05, 0) is 31.0 Å². The van der Waals surface area contributed by atoms with Crippen LogP contribution in [0.2, 0.25) is 0 Å². The van der Waals surface area contributed by atoms with Crippen molar-refractivity contribution in [1.82, 2.24) is 5.32 Å². The summed E-state index contributed by atoms with van der Waals surface area (Å²) in [6.07, 6.45) is 1.60. The molecule has 1 rings (SSSR count). The van der Waals surface area contributed by atoms with Crippen molar-refractivity contribution in [3.63, 3.8) is 0 Å². The van der Waals surface area contributed by atoms with Crippen LogP contribution in [0.5, 0.6) is 5.75 Å². The van der Waals surface area contributed by atoms with Gasteiger partial charge in [-0.3, -0.25) is 0 Å². The molecule has 0 spiro atoms. The zero-order chi connectivity index (χ0) is 12.7.